The van der Waals surface area contributed by atoms with Crippen LogP contribution in [-0.2, 0) is 21.3 Å². The van der Waals surface area contributed by atoms with Gasteiger partial charge in [0.15, 0.2) is 0 Å². The van der Waals surface area contributed by atoms with Crippen molar-refractivity contribution < 1.29 is 46.1 Å². The van der Waals surface area contributed by atoms with Crippen molar-refractivity contribution in [3.05, 3.63) is 196 Å². The molecule has 0 aromatic heterocycles. The Morgan fingerprint density at radius 2 is 0.984 bits per heavy atom. The smallest absolute Gasteiger partial charge is 1.00 e. The number of aryl methyl sites for hydroxylation is 6. The second kappa shape index (κ2) is 18.8. The molecule has 0 saturated heterocycles. The predicted octanol–water partition coefficient (Wildman–Crippen LogP) is 10.4. The summed E-state index contributed by atoms with van der Waals surface area (Å²) in [5.74, 6) is 0.389. The monoisotopic (exact) mass is 958 g/mol. The topological polar surface area (TPSA) is 0 Å². The maximum atomic E-state index is 6.68. The first-order chi connectivity index (χ1) is 28.1. The minimum Gasteiger partial charge on any atom is -1.00 e. The normalized spacial score (nSPS) is 14.2. The fraction of sp³-hybridized carbons (Fsp3) is 0.268. The molecule has 0 saturated carbocycles. The number of allylic oxidation sites excluding steroid dienone is 4. The van der Waals surface area contributed by atoms with Crippen molar-refractivity contribution in [2.75, 3.05) is 0 Å². The van der Waals surface area contributed by atoms with Gasteiger partial charge in [0, 0.05) is 0 Å². The van der Waals surface area contributed by atoms with E-state index in [0.717, 1.165) is 22.9 Å². The van der Waals surface area contributed by atoms with Gasteiger partial charge in [-0.05, 0) is 0 Å². The van der Waals surface area contributed by atoms with Gasteiger partial charge < -0.3 is 24.8 Å². The Morgan fingerprint density at radius 1 is 0.574 bits per heavy atom. The van der Waals surface area contributed by atoms with E-state index in [1.807, 2.05) is 0 Å². The zero-order valence-corrected chi connectivity index (χ0v) is 42.6. The van der Waals surface area contributed by atoms with Crippen molar-refractivity contribution in [3.63, 3.8) is 0 Å². The summed E-state index contributed by atoms with van der Waals surface area (Å²) in [7, 11) is 0. The summed E-state index contributed by atoms with van der Waals surface area (Å²) in [5.41, 5.74) is 23.0. The first-order valence-corrected chi connectivity index (χ1v) is 25.9. The van der Waals surface area contributed by atoms with E-state index in [-0.39, 0.29) is 33.9 Å². The number of hydrogen-bond acceptors (Lipinski definition) is 0. The zero-order chi connectivity index (χ0) is 41.9. The van der Waals surface area contributed by atoms with E-state index in [0.29, 0.717) is 5.92 Å². The second-order valence-electron chi connectivity index (χ2n) is 18.3. The molecule has 0 radical (unpaired) electrons. The van der Waals surface area contributed by atoms with Crippen LogP contribution in [0.1, 0.15) is 99.8 Å². The van der Waals surface area contributed by atoms with Crippen LogP contribution in [0.2, 0.25) is 10.0 Å². The van der Waals surface area contributed by atoms with Crippen LogP contribution in [0.3, 0.4) is 0 Å². The largest absolute Gasteiger partial charge is 1.00 e. The van der Waals surface area contributed by atoms with Gasteiger partial charge >= 0.3 is 374 Å². The molecule has 0 nitrogen and oxygen atoms in total. The third-order valence-corrected chi connectivity index (χ3v) is 21.6. The molecule has 0 N–H and O–H groups in total. The van der Waals surface area contributed by atoms with Crippen LogP contribution >= 0.6 is 23.2 Å². The van der Waals surface area contributed by atoms with Gasteiger partial charge in [0.25, 0.3) is 0 Å². The van der Waals surface area contributed by atoms with Gasteiger partial charge in [0.2, 0.25) is 0 Å². The Bertz CT molecular complexity index is 2520. The van der Waals surface area contributed by atoms with Gasteiger partial charge in [-0.1, -0.05) is 0 Å². The molecule has 5 heteroatoms. The van der Waals surface area contributed by atoms with E-state index < -0.39 is 21.3 Å². The molecular formula is C56H56Cl4Zr. The summed E-state index contributed by atoms with van der Waals surface area (Å²) in [6.45, 7) is 23.0. The fourth-order valence-electron chi connectivity index (χ4n) is 10.2. The number of benzene rings is 6. The Hall–Kier alpha value is -3.29. The maximum Gasteiger partial charge on any atom is -1.00 e. The van der Waals surface area contributed by atoms with Crippen LogP contribution < -0.4 is 24.8 Å². The molecule has 0 amide bonds. The van der Waals surface area contributed by atoms with Crippen LogP contribution in [0.5, 0.6) is 0 Å². The predicted molar refractivity (Wildman–Crippen MR) is 253 cm³/mol. The third kappa shape index (κ3) is 9.22. The average Bonchev–Trinajstić information content (AvgIpc) is 3.73. The molecule has 1 unspecified atom stereocenters. The maximum absolute atomic E-state index is 6.68. The van der Waals surface area contributed by atoms with E-state index in [1.165, 1.54) is 97.8 Å². The molecular weight excluding hydrogens is 906 g/mol. The second-order valence-corrected chi connectivity index (χ2v) is 25.2. The van der Waals surface area contributed by atoms with Crippen LogP contribution in [0.25, 0.3) is 33.4 Å². The SMILES string of the molecule is CCCC1C=C(C(C)(C)C)C=[C]1[Zr+2](=[C](c1ccc(Cl)cc1)c1ccc(Cl)cc1)[CH]1c2cc(-c3c(C)cc(C)cc3C)ccc2-c2ccc(-c3c(C)cc(C)cc3C)cc21.[Cl-].[Cl-]. The van der Waals surface area contributed by atoms with E-state index in [9.17, 15) is 0 Å². The molecule has 312 valence electrons. The number of fused-ring (bicyclic) bond motifs is 3. The Labute approximate surface area is 395 Å². The zero-order valence-electron chi connectivity index (χ0n) is 37.1. The van der Waals surface area contributed by atoms with E-state index in [2.05, 4.69) is 191 Å². The summed E-state index contributed by atoms with van der Waals surface area (Å²) in [4.78, 5) is 0. The summed E-state index contributed by atoms with van der Waals surface area (Å²) in [5, 5.41) is 1.52. The van der Waals surface area contributed by atoms with Crippen molar-refractivity contribution in [1.29, 1.82) is 0 Å². The molecule has 2 aliphatic rings. The van der Waals surface area contributed by atoms with Crippen molar-refractivity contribution in [2.45, 2.75) is 85.7 Å². The Balaban J connectivity index is 0.00000311. The van der Waals surface area contributed by atoms with E-state index in [1.54, 1.807) is 3.28 Å². The van der Waals surface area contributed by atoms with Gasteiger partial charge in [0.1, 0.15) is 0 Å². The first-order valence-electron chi connectivity index (χ1n) is 21.3. The van der Waals surface area contributed by atoms with Gasteiger partial charge in [-0.25, -0.2) is 0 Å². The number of rotatable bonds is 8. The fourth-order valence-corrected chi connectivity index (χ4v) is 20.1. The Morgan fingerprint density at radius 3 is 1.36 bits per heavy atom. The molecule has 61 heavy (non-hydrogen) atoms. The number of hydrogen-bond donors (Lipinski definition) is 0. The summed E-state index contributed by atoms with van der Waals surface area (Å²) < 4.78 is 3.41. The van der Waals surface area contributed by atoms with E-state index in [4.69, 9.17) is 23.2 Å². The molecule has 0 heterocycles. The van der Waals surface area contributed by atoms with Crippen LogP contribution in [-0.4, -0.2) is 3.21 Å². The number of halogens is 4. The molecule has 2 aliphatic carbocycles. The molecule has 0 bridgehead atoms. The average molecular weight is 962 g/mol. The summed E-state index contributed by atoms with van der Waals surface area (Å²) >= 11 is 10.1. The van der Waals surface area contributed by atoms with Crippen LogP contribution in [0.15, 0.2) is 130 Å². The van der Waals surface area contributed by atoms with Crippen molar-refractivity contribution in [3.8, 4) is 33.4 Å². The Kier molecular flexibility index (Phi) is 14.6. The van der Waals surface area contributed by atoms with Gasteiger partial charge in [-0.3, -0.25) is 0 Å². The quantitative estimate of drug-likeness (QED) is 0.143. The van der Waals surface area contributed by atoms with Crippen LogP contribution in [0.4, 0.5) is 0 Å². The van der Waals surface area contributed by atoms with Crippen molar-refractivity contribution in [2.24, 2.45) is 11.3 Å². The van der Waals surface area contributed by atoms with Crippen LogP contribution in [0, 0.1) is 52.9 Å². The molecule has 8 rings (SSSR count). The summed E-state index contributed by atoms with van der Waals surface area (Å²) in [6, 6.07) is 41.6. The third-order valence-electron chi connectivity index (χ3n) is 12.6. The summed E-state index contributed by atoms with van der Waals surface area (Å²) in [6.07, 6.45) is 7.59. The van der Waals surface area contributed by atoms with E-state index >= 15 is 0 Å². The molecule has 6 aromatic carbocycles. The first kappa shape index (κ1) is 47.2. The van der Waals surface area contributed by atoms with Gasteiger partial charge in [0.05, 0.1) is 0 Å². The van der Waals surface area contributed by atoms with Crippen molar-refractivity contribution in [1.82, 2.24) is 0 Å². The van der Waals surface area contributed by atoms with Crippen molar-refractivity contribution >= 4 is 26.4 Å². The van der Waals surface area contributed by atoms with Gasteiger partial charge in [-0.15, -0.1) is 0 Å². The van der Waals surface area contributed by atoms with Gasteiger partial charge in [-0.2, -0.15) is 0 Å². The molecule has 0 spiro atoms. The standard InChI is InChI=1S/C31H29.C13H8Cl2.C12H19.2ClH.Zr/c1-18-11-20(3)30(21(4)12-18)24-7-9-28-26(15-24)17-27-16-25(8-10-29(27)28)31-22(5)13-19(2)14-23(31)6;14-12-5-1-10(2-6-12)9-11-3-7-13(15)8-4-11;1-5-6-10-7-8-11(9-10)12(2,3)4;;;/h7-17H,1-6H3;1-8H;8-10H,5-6H2,1-4H3;2*1H;/q;;;;;+2/p-2. The molecule has 0 fully saturated rings. The molecule has 1 atom stereocenters. The molecule has 0 aliphatic heterocycles. The minimum atomic E-state index is -3.21. The molecule has 6 aromatic rings. The minimum absolute atomic E-state index is 0.